The van der Waals surface area contributed by atoms with Crippen molar-refractivity contribution in [1.29, 1.82) is 0 Å². The Morgan fingerprint density at radius 3 is 2.76 bits per heavy atom. The normalized spacial score (nSPS) is 14.8. The Hall–Kier alpha value is -1.93. The van der Waals surface area contributed by atoms with Crippen LogP contribution in [0.3, 0.4) is 0 Å². The Morgan fingerprint density at radius 2 is 2.12 bits per heavy atom. The van der Waals surface area contributed by atoms with Crippen LogP contribution in [0.4, 0.5) is 10.8 Å². The van der Waals surface area contributed by atoms with Crippen molar-refractivity contribution in [2.75, 3.05) is 10.6 Å². The molecule has 1 aromatic heterocycles. The smallest absolute Gasteiger partial charge is 0.239 e. The van der Waals surface area contributed by atoms with Crippen molar-refractivity contribution >= 4 is 45.7 Å². The number of carbonyl (C=O) groups is 2. The first-order valence-electron chi connectivity index (χ1n) is 8.23. The maximum atomic E-state index is 12.5. The zero-order chi connectivity index (χ0) is 17.8. The number of carbonyl (C=O) groups excluding carboxylic acids is 2. The number of anilines is 2. The molecule has 8 heteroatoms. The fraction of sp³-hybridized carbons (Fsp3) is 0.412. The zero-order valence-corrected chi connectivity index (χ0v) is 15.7. The molecule has 2 aromatic rings. The van der Waals surface area contributed by atoms with Gasteiger partial charge in [0, 0.05) is 16.5 Å². The van der Waals surface area contributed by atoms with Crippen LogP contribution in [-0.4, -0.2) is 27.3 Å². The molecule has 1 aromatic carbocycles. The number of hydrogen-bond donors (Lipinski definition) is 2. The second-order valence-electron chi connectivity index (χ2n) is 5.92. The lowest BCUT2D eigenvalue weighted by Crippen LogP contribution is -2.24. The third kappa shape index (κ3) is 5.02. The summed E-state index contributed by atoms with van der Waals surface area (Å²) in [6, 6.07) is 7.62. The highest BCUT2D eigenvalue weighted by Gasteiger charge is 2.29. The molecule has 0 spiro atoms. The largest absolute Gasteiger partial charge is 0.326 e. The molecular weight excluding hydrogens is 356 g/mol. The molecule has 0 aliphatic heterocycles. The predicted octanol–water partition coefficient (Wildman–Crippen LogP) is 3.70. The van der Waals surface area contributed by atoms with Crippen molar-refractivity contribution < 1.29 is 9.59 Å². The number of aromatic nitrogens is 2. The van der Waals surface area contributed by atoms with E-state index in [4.69, 9.17) is 0 Å². The fourth-order valence-electron chi connectivity index (χ4n) is 2.26. The minimum absolute atomic E-state index is 0.0820. The van der Waals surface area contributed by atoms with Gasteiger partial charge in [-0.2, -0.15) is 0 Å². The number of benzene rings is 1. The highest BCUT2D eigenvalue weighted by atomic mass is 32.2. The van der Waals surface area contributed by atoms with E-state index in [-0.39, 0.29) is 23.0 Å². The van der Waals surface area contributed by atoms with Crippen molar-refractivity contribution in [2.24, 2.45) is 5.92 Å². The summed E-state index contributed by atoms with van der Waals surface area (Å²) in [5, 5.41) is 14.7. The molecule has 0 saturated heterocycles. The quantitative estimate of drug-likeness (QED) is 0.720. The van der Waals surface area contributed by atoms with Crippen molar-refractivity contribution in [3.8, 4) is 0 Å². The van der Waals surface area contributed by atoms with Gasteiger partial charge in [0.15, 0.2) is 0 Å². The lowest BCUT2D eigenvalue weighted by Gasteiger charge is -2.14. The summed E-state index contributed by atoms with van der Waals surface area (Å²) in [6.07, 6.45) is 2.64. The summed E-state index contributed by atoms with van der Waals surface area (Å²) in [6.45, 7) is 3.82. The SMILES string of the molecule is CCC(Sc1cccc(NC(=O)C2CC2)c1)C(=O)Nc1nnc(C)s1. The average Bonchev–Trinajstić information content (AvgIpc) is 3.36. The second kappa shape index (κ2) is 7.97. The summed E-state index contributed by atoms with van der Waals surface area (Å²) in [4.78, 5) is 25.3. The van der Waals surface area contributed by atoms with E-state index >= 15 is 0 Å². The van der Waals surface area contributed by atoms with Gasteiger partial charge in [0.05, 0.1) is 5.25 Å². The Labute approximate surface area is 154 Å². The van der Waals surface area contributed by atoms with Gasteiger partial charge in [-0.3, -0.25) is 14.9 Å². The van der Waals surface area contributed by atoms with Crippen LogP contribution in [0.1, 0.15) is 31.2 Å². The number of nitrogens with zero attached hydrogens (tertiary/aromatic N) is 2. The molecule has 6 nitrogen and oxygen atoms in total. The molecule has 1 atom stereocenters. The lowest BCUT2D eigenvalue weighted by molar-refractivity contribution is -0.117. The van der Waals surface area contributed by atoms with Gasteiger partial charge in [-0.15, -0.1) is 22.0 Å². The van der Waals surface area contributed by atoms with Gasteiger partial charge < -0.3 is 5.32 Å². The van der Waals surface area contributed by atoms with Crippen LogP contribution in [0.2, 0.25) is 0 Å². The maximum absolute atomic E-state index is 12.5. The first-order valence-corrected chi connectivity index (χ1v) is 9.93. The van der Waals surface area contributed by atoms with Crippen LogP contribution < -0.4 is 10.6 Å². The molecule has 1 fully saturated rings. The van der Waals surface area contributed by atoms with Gasteiger partial charge in [-0.25, -0.2) is 0 Å². The zero-order valence-electron chi connectivity index (χ0n) is 14.1. The summed E-state index contributed by atoms with van der Waals surface area (Å²) in [5.41, 5.74) is 0.775. The standard InChI is InChI=1S/C17H20N4O2S2/c1-3-14(16(23)19-17-21-20-10(2)24-17)25-13-6-4-5-12(9-13)18-15(22)11-7-8-11/h4-6,9,11,14H,3,7-8H2,1-2H3,(H,18,22)(H,19,21,23). The Morgan fingerprint density at radius 1 is 1.32 bits per heavy atom. The molecular formula is C17H20N4O2S2. The third-order valence-corrected chi connectivity index (χ3v) is 5.86. The first-order chi connectivity index (χ1) is 12.0. The van der Waals surface area contributed by atoms with Crippen LogP contribution in [0.15, 0.2) is 29.2 Å². The molecule has 25 heavy (non-hydrogen) atoms. The van der Waals surface area contributed by atoms with Crippen molar-refractivity contribution in [1.82, 2.24) is 10.2 Å². The Bertz CT molecular complexity index is 774. The lowest BCUT2D eigenvalue weighted by atomic mass is 10.3. The van der Waals surface area contributed by atoms with Gasteiger partial charge in [0.1, 0.15) is 5.01 Å². The first kappa shape index (κ1) is 17.9. The van der Waals surface area contributed by atoms with E-state index in [1.54, 1.807) is 0 Å². The summed E-state index contributed by atoms with van der Waals surface area (Å²) in [5.74, 6) is 0.162. The molecule has 0 bridgehead atoms. The Balaban J connectivity index is 1.62. The van der Waals surface area contributed by atoms with E-state index in [0.717, 1.165) is 28.4 Å². The summed E-state index contributed by atoms with van der Waals surface area (Å²) in [7, 11) is 0. The minimum Gasteiger partial charge on any atom is -0.326 e. The molecule has 0 radical (unpaired) electrons. The van der Waals surface area contributed by atoms with E-state index < -0.39 is 0 Å². The molecule has 132 valence electrons. The highest BCUT2D eigenvalue weighted by molar-refractivity contribution is 8.00. The van der Waals surface area contributed by atoms with Crippen LogP contribution in [-0.2, 0) is 9.59 Å². The summed E-state index contributed by atoms with van der Waals surface area (Å²) >= 11 is 2.84. The predicted molar refractivity (Wildman–Crippen MR) is 101 cm³/mol. The van der Waals surface area contributed by atoms with E-state index in [2.05, 4.69) is 20.8 Å². The summed E-state index contributed by atoms with van der Waals surface area (Å²) < 4.78 is 0. The van der Waals surface area contributed by atoms with Crippen LogP contribution >= 0.6 is 23.1 Å². The second-order valence-corrected chi connectivity index (χ2v) is 8.38. The molecule has 2 amide bonds. The van der Waals surface area contributed by atoms with E-state index in [1.165, 1.54) is 23.1 Å². The Kier molecular flexibility index (Phi) is 5.70. The fourth-order valence-corrected chi connectivity index (χ4v) is 3.86. The maximum Gasteiger partial charge on any atom is 0.239 e. The number of rotatable bonds is 7. The van der Waals surface area contributed by atoms with Crippen LogP contribution in [0.25, 0.3) is 0 Å². The molecule has 1 aliphatic carbocycles. The number of aryl methyl sites for hydroxylation is 1. The molecule has 1 heterocycles. The van der Waals surface area contributed by atoms with Gasteiger partial charge in [0.2, 0.25) is 16.9 Å². The van der Waals surface area contributed by atoms with Crippen molar-refractivity contribution in [3.05, 3.63) is 29.3 Å². The molecule has 1 aliphatic rings. The molecule has 2 N–H and O–H groups in total. The van der Waals surface area contributed by atoms with Gasteiger partial charge in [0.25, 0.3) is 0 Å². The minimum atomic E-state index is -0.237. The molecule has 3 rings (SSSR count). The topological polar surface area (TPSA) is 84.0 Å². The number of thioether (sulfide) groups is 1. The van der Waals surface area contributed by atoms with E-state index in [1.807, 2.05) is 38.1 Å². The average molecular weight is 377 g/mol. The van der Waals surface area contributed by atoms with Crippen molar-refractivity contribution in [3.63, 3.8) is 0 Å². The van der Waals surface area contributed by atoms with Crippen LogP contribution in [0.5, 0.6) is 0 Å². The number of amides is 2. The third-order valence-electron chi connectivity index (χ3n) is 3.75. The van der Waals surface area contributed by atoms with Gasteiger partial charge in [-0.1, -0.05) is 24.3 Å². The molecule has 1 unspecified atom stereocenters. The highest BCUT2D eigenvalue weighted by Crippen LogP contribution is 2.32. The number of hydrogen-bond acceptors (Lipinski definition) is 6. The van der Waals surface area contributed by atoms with Crippen molar-refractivity contribution in [2.45, 2.75) is 43.3 Å². The number of nitrogens with one attached hydrogen (secondary N) is 2. The monoisotopic (exact) mass is 376 g/mol. The van der Waals surface area contributed by atoms with E-state index in [9.17, 15) is 9.59 Å². The van der Waals surface area contributed by atoms with Gasteiger partial charge in [-0.05, 0) is 44.4 Å². The molecule has 1 saturated carbocycles. The van der Waals surface area contributed by atoms with E-state index in [0.29, 0.717) is 11.6 Å². The van der Waals surface area contributed by atoms with Gasteiger partial charge >= 0.3 is 0 Å². The van der Waals surface area contributed by atoms with Crippen LogP contribution in [0, 0.1) is 12.8 Å².